The Morgan fingerprint density at radius 1 is 1.17 bits per heavy atom. The van der Waals surface area contributed by atoms with E-state index in [0.717, 1.165) is 10.9 Å². The molecule has 1 amide bonds. The Bertz CT molecular complexity index is 781. The van der Waals surface area contributed by atoms with E-state index in [0.29, 0.717) is 19.0 Å². The van der Waals surface area contributed by atoms with Crippen molar-refractivity contribution in [1.29, 1.82) is 0 Å². The number of rotatable bonds is 4. The number of fused-ring (bicyclic) bond motifs is 1. The van der Waals surface area contributed by atoms with E-state index in [1.165, 1.54) is 6.92 Å². The SMILES string of the molecule is CC(=O)OC(C)(C)C(=O)N1CC(Oc2ccc3ccccc3n2)C1. The number of amides is 1. The molecule has 1 aliphatic rings. The molecule has 1 aromatic carbocycles. The lowest BCUT2D eigenvalue weighted by Crippen LogP contribution is -2.61. The Kier molecular flexibility index (Phi) is 4.13. The number of hydrogen-bond donors (Lipinski definition) is 0. The van der Waals surface area contributed by atoms with E-state index < -0.39 is 11.6 Å². The molecule has 0 saturated carbocycles. The summed E-state index contributed by atoms with van der Waals surface area (Å²) in [5.41, 5.74) is -0.281. The van der Waals surface area contributed by atoms with Crippen LogP contribution in [0.15, 0.2) is 36.4 Å². The number of para-hydroxylation sites is 1. The molecule has 1 fully saturated rings. The maximum absolute atomic E-state index is 12.3. The van der Waals surface area contributed by atoms with E-state index in [2.05, 4.69) is 4.98 Å². The number of nitrogens with zero attached hydrogens (tertiary/aromatic N) is 2. The van der Waals surface area contributed by atoms with Crippen LogP contribution in [0.3, 0.4) is 0 Å². The summed E-state index contributed by atoms with van der Waals surface area (Å²) in [5, 5.41) is 1.05. The minimum atomic E-state index is -1.15. The van der Waals surface area contributed by atoms with Crippen molar-refractivity contribution >= 4 is 22.8 Å². The zero-order valence-corrected chi connectivity index (χ0v) is 14.0. The van der Waals surface area contributed by atoms with Gasteiger partial charge in [-0.1, -0.05) is 18.2 Å². The van der Waals surface area contributed by atoms with Crippen LogP contribution in [0, 0.1) is 0 Å². The minimum absolute atomic E-state index is 0.101. The summed E-state index contributed by atoms with van der Waals surface area (Å²) in [4.78, 5) is 29.5. The molecule has 1 aliphatic heterocycles. The molecule has 0 aliphatic carbocycles. The number of carbonyl (C=O) groups excluding carboxylic acids is 2. The molecule has 0 atom stereocenters. The fraction of sp³-hybridized carbons (Fsp3) is 0.389. The van der Waals surface area contributed by atoms with Crippen LogP contribution < -0.4 is 4.74 Å². The van der Waals surface area contributed by atoms with Gasteiger partial charge in [0, 0.05) is 18.4 Å². The van der Waals surface area contributed by atoms with Gasteiger partial charge in [0.25, 0.3) is 5.91 Å². The summed E-state index contributed by atoms with van der Waals surface area (Å²) in [6.07, 6.45) is -0.101. The van der Waals surface area contributed by atoms with Crippen LogP contribution in [0.25, 0.3) is 10.9 Å². The second-order valence-electron chi connectivity index (χ2n) is 6.40. The first-order chi connectivity index (χ1) is 11.3. The first kappa shape index (κ1) is 16.2. The van der Waals surface area contributed by atoms with Gasteiger partial charge in [0.1, 0.15) is 6.10 Å². The highest BCUT2D eigenvalue weighted by molar-refractivity contribution is 5.87. The summed E-state index contributed by atoms with van der Waals surface area (Å²) in [6, 6.07) is 11.6. The number of ether oxygens (including phenoxy) is 2. The van der Waals surface area contributed by atoms with E-state index in [1.807, 2.05) is 36.4 Å². The monoisotopic (exact) mass is 328 g/mol. The molecule has 0 spiro atoms. The standard InChI is InChI=1S/C18H20N2O4/c1-12(21)24-18(2,3)17(22)20-10-14(11-20)23-16-9-8-13-6-4-5-7-15(13)19-16/h4-9,14H,10-11H2,1-3H3. The third-order valence-electron chi connectivity index (χ3n) is 3.91. The van der Waals surface area contributed by atoms with E-state index in [1.54, 1.807) is 18.7 Å². The summed E-state index contributed by atoms with van der Waals surface area (Å²) in [7, 11) is 0. The first-order valence-corrected chi connectivity index (χ1v) is 7.86. The average molecular weight is 328 g/mol. The number of pyridine rings is 1. The number of esters is 1. The number of carbonyl (C=O) groups is 2. The number of aromatic nitrogens is 1. The molecule has 2 heterocycles. The Morgan fingerprint density at radius 3 is 2.58 bits per heavy atom. The molecule has 6 heteroatoms. The van der Waals surface area contributed by atoms with E-state index >= 15 is 0 Å². The molecule has 0 radical (unpaired) electrons. The van der Waals surface area contributed by atoms with Crippen LogP contribution in [0.1, 0.15) is 20.8 Å². The zero-order chi connectivity index (χ0) is 17.3. The van der Waals surface area contributed by atoms with Gasteiger partial charge >= 0.3 is 5.97 Å². The van der Waals surface area contributed by atoms with Gasteiger partial charge in [-0.3, -0.25) is 9.59 Å². The lowest BCUT2D eigenvalue weighted by atomic mass is 10.0. The predicted octanol–water partition coefficient (Wildman–Crippen LogP) is 2.17. The fourth-order valence-electron chi connectivity index (χ4n) is 2.75. The third-order valence-corrected chi connectivity index (χ3v) is 3.91. The minimum Gasteiger partial charge on any atom is -0.471 e. The van der Waals surface area contributed by atoms with E-state index in [4.69, 9.17) is 9.47 Å². The van der Waals surface area contributed by atoms with Crippen molar-refractivity contribution in [2.45, 2.75) is 32.5 Å². The van der Waals surface area contributed by atoms with Gasteiger partial charge in [0.2, 0.25) is 5.88 Å². The normalized spacial score (nSPS) is 15.0. The molecule has 0 N–H and O–H groups in total. The highest BCUT2D eigenvalue weighted by Crippen LogP contribution is 2.23. The Balaban J connectivity index is 1.58. The van der Waals surface area contributed by atoms with Crippen molar-refractivity contribution in [3.05, 3.63) is 36.4 Å². The van der Waals surface area contributed by atoms with Crippen molar-refractivity contribution in [2.75, 3.05) is 13.1 Å². The molecule has 1 aromatic heterocycles. The van der Waals surface area contributed by atoms with Crippen molar-refractivity contribution in [3.8, 4) is 5.88 Å². The maximum Gasteiger partial charge on any atom is 0.303 e. The number of likely N-dealkylation sites (tertiary alicyclic amines) is 1. The molecule has 2 aromatic rings. The Labute approximate surface area is 140 Å². The summed E-state index contributed by atoms with van der Waals surface area (Å²) >= 11 is 0. The van der Waals surface area contributed by atoms with Gasteiger partial charge < -0.3 is 14.4 Å². The molecule has 1 saturated heterocycles. The van der Waals surface area contributed by atoms with Gasteiger partial charge in [-0.25, -0.2) is 4.98 Å². The molecule has 24 heavy (non-hydrogen) atoms. The summed E-state index contributed by atoms with van der Waals surface area (Å²) < 4.78 is 10.9. The van der Waals surface area contributed by atoms with Crippen LogP contribution in [-0.4, -0.2) is 46.6 Å². The van der Waals surface area contributed by atoms with Gasteiger partial charge in [-0.15, -0.1) is 0 Å². The maximum atomic E-state index is 12.3. The molecular formula is C18H20N2O4. The molecule has 6 nitrogen and oxygen atoms in total. The second kappa shape index (κ2) is 6.11. The second-order valence-corrected chi connectivity index (χ2v) is 6.40. The summed E-state index contributed by atoms with van der Waals surface area (Å²) in [6.45, 7) is 5.39. The molecular weight excluding hydrogens is 308 g/mol. The topological polar surface area (TPSA) is 68.7 Å². The predicted molar refractivity (Wildman–Crippen MR) is 88.6 cm³/mol. The fourth-order valence-corrected chi connectivity index (χ4v) is 2.75. The first-order valence-electron chi connectivity index (χ1n) is 7.86. The molecule has 0 bridgehead atoms. The Hall–Kier alpha value is -2.63. The smallest absolute Gasteiger partial charge is 0.303 e. The Morgan fingerprint density at radius 2 is 1.88 bits per heavy atom. The average Bonchev–Trinajstić information content (AvgIpc) is 2.48. The zero-order valence-electron chi connectivity index (χ0n) is 14.0. The largest absolute Gasteiger partial charge is 0.471 e. The lowest BCUT2D eigenvalue weighted by molar-refractivity contribution is -0.173. The third kappa shape index (κ3) is 3.32. The van der Waals surface area contributed by atoms with Gasteiger partial charge in [0.05, 0.1) is 18.6 Å². The number of hydrogen-bond acceptors (Lipinski definition) is 5. The van der Waals surface area contributed by atoms with Crippen molar-refractivity contribution in [2.24, 2.45) is 0 Å². The highest BCUT2D eigenvalue weighted by Gasteiger charge is 2.41. The van der Waals surface area contributed by atoms with Crippen LogP contribution in [0.5, 0.6) is 5.88 Å². The van der Waals surface area contributed by atoms with E-state index in [9.17, 15) is 9.59 Å². The highest BCUT2D eigenvalue weighted by atomic mass is 16.6. The van der Waals surface area contributed by atoms with Crippen LogP contribution in [-0.2, 0) is 14.3 Å². The van der Waals surface area contributed by atoms with Crippen molar-refractivity contribution < 1.29 is 19.1 Å². The molecule has 3 rings (SSSR count). The lowest BCUT2D eigenvalue weighted by Gasteiger charge is -2.41. The van der Waals surface area contributed by atoms with Crippen LogP contribution >= 0.6 is 0 Å². The molecule has 126 valence electrons. The van der Waals surface area contributed by atoms with Crippen LogP contribution in [0.2, 0.25) is 0 Å². The van der Waals surface area contributed by atoms with Gasteiger partial charge in [-0.2, -0.15) is 0 Å². The van der Waals surface area contributed by atoms with Crippen molar-refractivity contribution in [1.82, 2.24) is 9.88 Å². The summed E-state index contributed by atoms with van der Waals surface area (Å²) in [5.74, 6) is -0.142. The van der Waals surface area contributed by atoms with Crippen molar-refractivity contribution in [3.63, 3.8) is 0 Å². The quantitative estimate of drug-likeness (QED) is 0.805. The van der Waals surface area contributed by atoms with Crippen LogP contribution in [0.4, 0.5) is 0 Å². The van der Waals surface area contributed by atoms with Gasteiger partial charge in [0.15, 0.2) is 5.60 Å². The molecule has 0 unspecified atom stereocenters. The van der Waals surface area contributed by atoms with E-state index in [-0.39, 0.29) is 12.0 Å². The number of benzene rings is 1. The van der Waals surface area contributed by atoms with Gasteiger partial charge in [-0.05, 0) is 26.0 Å².